The molecule has 2 N–H and O–H groups in total. The van der Waals surface area contributed by atoms with Crippen molar-refractivity contribution in [3.8, 4) is 5.75 Å². The molecule has 6 heteroatoms. The molecule has 0 aliphatic carbocycles. The Balaban J connectivity index is 1.79. The molecule has 0 spiro atoms. The Morgan fingerprint density at radius 1 is 1.14 bits per heavy atom. The Hall–Kier alpha value is -3.35. The number of nitrogens with zero attached hydrogens (tertiary/aromatic N) is 1. The molecule has 1 unspecified atom stereocenters. The maximum atomic E-state index is 13.7. The Bertz CT molecular complexity index is 1190. The van der Waals surface area contributed by atoms with Gasteiger partial charge in [-0.25, -0.2) is 0 Å². The second kappa shape index (κ2) is 10.7. The molecule has 4 rings (SSSR count). The Labute approximate surface area is 213 Å². The number of aromatic hydroxyl groups is 1. The van der Waals surface area contributed by atoms with Gasteiger partial charge in [-0.2, -0.15) is 0 Å². The fourth-order valence-corrected chi connectivity index (χ4v) is 4.81. The van der Waals surface area contributed by atoms with Crippen LogP contribution in [0.5, 0.6) is 5.75 Å². The van der Waals surface area contributed by atoms with Crippen molar-refractivity contribution in [3.63, 3.8) is 0 Å². The molecular formula is C30H36N2O4. The van der Waals surface area contributed by atoms with Crippen molar-refractivity contribution in [3.05, 3.63) is 101 Å². The van der Waals surface area contributed by atoms with Crippen LogP contribution in [0.25, 0.3) is 0 Å². The van der Waals surface area contributed by atoms with E-state index in [-0.39, 0.29) is 17.1 Å². The van der Waals surface area contributed by atoms with Gasteiger partial charge in [-0.15, -0.1) is 0 Å². The minimum absolute atomic E-state index is 0.0469. The van der Waals surface area contributed by atoms with Crippen LogP contribution in [-0.4, -0.2) is 47.7 Å². The average Bonchev–Trinajstić information content (AvgIpc) is 2.82. The summed E-state index contributed by atoms with van der Waals surface area (Å²) in [5.41, 5.74) is 4.78. The number of hydrogen-bond acceptors (Lipinski definition) is 6. The van der Waals surface area contributed by atoms with Gasteiger partial charge < -0.3 is 19.9 Å². The maximum Gasteiger partial charge on any atom is 0.175 e. The first-order chi connectivity index (χ1) is 17.2. The number of benzene rings is 2. The van der Waals surface area contributed by atoms with Crippen molar-refractivity contribution in [2.24, 2.45) is 0 Å². The number of dihydropyridines is 1. The lowest BCUT2D eigenvalue weighted by Gasteiger charge is -2.40. The van der Waals surface area contributed by atoms with Gasteiger partial charge in [0.1, 0.15) is 11.5 Å². The highest BCUT2D eigenvalue weighted by Gasteiger charge is 2.40. The molecule has 36 heavy (non-hydrogen) atoms. The summed E-state index contributed by atoms with van der Waals surface area (Å²) in [5, 5.41) is 13.8. The smallest absolute Gasteiger partial charge is 0.175 e. The van der Waals surface area contributed by atoms with Gasteiger partial charge in [0.2, 0.25) is 0 Å². The van der Waals surface area contributed by atoms with E-state index >= 15 is 0 Å². The summed E-state index contributed by atoms with van der Waals surface area (Å²) in [4.78, 5) is 15.9. The van der Waals surface area contributed by atoms with Gasteiger partial charge in [-0.05, 0) is 51.0 Å². The molecule has 2 aliphatic rings. The number of phenols is 1. The predicted molar refractivity (Wildman–Crippen MR) is 141 cm³/mol. The van der Waals surface area contributed by atoms with Crippen molar-refractivity contribution >= 4 is 5.78 Å². The fraction of sp³-hybridized carbons (Fsp3) is 0.367. The Morgan fingerprint density at radius 3 is 2.56 bits per heavy atom. The molecule has 1 atom stereocenters. The lowest BCUT2D eigenvalue weighted by molar-refractivity contribution is -0.117. The van der Waals surface area contributed by atoms with E-state index in [9.17, 15) is 9.90 Å². The number of hydrogen-bond donors (Lipinski definition) is 2. The highest BCUT2D eigenvalue weighted by molar-refractivity contribution is 6.01. The van der Waals surface area contributed by atoms with Gasteiger partial charge >= 0.3 is 0 Å². The van der Waals surface area contributed by atoms with Crippen LogP contribution in [0.4, 0.5) is 0 Å². The molecular weight excluding hydrogens is 452 g/mol. The number of allylic oxidation sites excluding steroid dienone is 1. The Morgan fingerprint density at radius 2 is 1.89 bits per heavy atom. The van der Waals surface area contributed by atoms with Crippen molar-refractivity contribution in [2.75, 3.05) is 26.3 Å². The van der Waals surface area contributed by atoms with E-state index in [1.165, 1.54) is 0 Å². The Kier molecular flexibility index (Phi) is 7.67. The first-order valence-corrected chi connectivity index (χ1v) is 12.4. The highest BCUT2D eigenvalue weighted by atomic mass is 16.5. The monoisotopic (exact) mass is 488 g/mol. The first-order valence-electron chi connectivity index (χ1n) is 12.4. The molecule has 0 radical (unpaired) electrons. The van der Waals surface area contributed by atoms with Crippen molar-refractivity contribution < 1.29 is 19.4 Å². The number of carbonyl (C=O) groups excluding carboxylic acids is 1. The van der Waals surface area contributed by atoms with Gasteiger partial charge in [0.05, 0.1) is 25.4 Å². The standard InChI is InChI=1S/C30H36N2O4/c1-6-35-20(2)27-25(19-36-30(3,4)5)31-24-17-32(16-21-11-8-7-9-12-21)18-26(34)29(24)28(27)22-13-10-14-23(33)15-22/h7-15,28,31,33H,2,6,16-19H2,1,3-5H3. The largest absolute Gasteiger partial charge is 0.508 e. The number of nitrogens with one attached hydrogen (secondary N) is 1. The van der Waals surface area contributed by atoms with E-state index in [4.69, 9.17) is 9.47 Å². The quantitative estimate of drug-likeness (QED) is 0.508. The lowest BCUT2D eigenvalue weighted by Crippen LogP contribution is -2.45. The van der Waals surface area contributed by atoms with Gasteiger partial charge in [-0.1, -0.05) is 49.0 Å². The zero-order chi connectivity index (χ0) is 25.9. The first kappa shape index (κ1) is 25.7. The number of ketones is 1. The summed E-state index contributed by atoms with van der Waals surface area (Å²) in [7, 11) is 0. The van der Waals surface area contributed by atoms with E-state index in [1.807, 2.05) is 52.0 Å². The summed E-state index contributed by atoms with van der Waals surface area (Å²) >= 11 is 0. The molecule has 2 aliphatic heterocycles. The zero-order valence-electron chi connectivity index (χ0n) is 21.6. The molecule has 0 saturated carbocycles. The van der Waals surface area contributed by atoms with Crippen LogP contribution in [0.3, 0.4) is 0 Å². The third-order valence-corrected chi connectivity index (χ3v) is 6.30. The van der Waals surface area contributed by atoms with Gasteiger partial charge in [0.25, 0.3) is 0 Å². The normalized spacial score (nSPS) is 18.7. The van der Waals surface area contributed by atoms with E-state index in [1.54, 1.807) is 18.2 Å². The second-order valence-corrected chi connectivity index (χ2v) is 10.2. The molecule has 2 aromatic carbocycles. The average molecular weight is 489 g/mol. The molecule has 2 aromatic rings. The summed E-state index contributed by atoms with van der Waals surface area (Å²) < 4.78 is 12.1. The number of carbonyl (C=O) groups is 1. The summed E-state index contributed by atoms with van der Waals surface area (Å²) in [5.74, 6) is 0.274. The number of Topliss-reactive ketones (excluding diaryl/α,β-unsaturated/α-hetero) is 1. The van der Waals surface area contributed by atoms with Gasteiger partial charge in [0.15, 0.2) is 5.78 Å². The van der Waals surface area contributed by atoms with Crippen LogP contribution in [0.1, 0.15) is 44.7 Å². The van der Waals surface area contributed by atoms with Crippen LogP contribution >= 0.6 is 0 Å². The summed E-state index contributed by atoms with van der Waals surface area (Å²) in [6.07, 6.45) is 0. The maximum absolute atomic E-state index is 13.7. The minimum Gasteiger partial charge on any atom is -0.508 e. The fourth-order valence-electron chi connectivity index (χ4n) is 4.81. The SMILES string of the molecule is C=C(OCC)C1=C(COC(C)(C)C)NC2=C(C(=O)CN(Cc3ccccc3)C2)C1c1cccc(O)c1. The molecule has 190 valence electrons. The molecule has 6 nitrogen and oxygen atoms in total. The number of phenolic OH excluding ortho intramolecular Hbond substituents is 1. The van der Waals surface area contributed by atoms with Crippen LogP contribution in [0.2, 0.25) is 0 Å². The zero-order valence-corrected chi connectivity index (χ0v) is 21.6. The summed E-state index contributed by atoms with van der Waals surface area (Å²) in [6.45, 7) is 14.5. The summed E-state index contributed by atoms with van der Waals surface area (Å²) in [6, 6.07) is 17.3. The third-order valence-electron chi connectivity index (χ3n) is 6.30. The van der Waals surface area contributed by atoms with Crippen LogP contribution < -0.4 is 5.32 Å². The minimum atomic E-state index is -0.419. The van der Waals surface area contributed by atoms with Crippen LogP contribution in [0, 0.1) is 0 Å². The molecule has 2 heterocycles. The molecule has 0 saturated heterocycles. The van der Waals surface area contributed by atoms with Crippen molar-refractivity contribution in [1.82, 2.24) is 10.2 Å². The van der Waals surface area contributed by atoms with Gasteiger partial charge in [-0.3, -0.25) is 9.69 Å². The van der Waals surface area contributed by atoms with Crippen molar-refractivity contribution in [1.29, 1.82) is 0 Å². The topological polar surface area (TPSA) is 71.0 Å². The number of ether oxygens (including phenoxy) is 2. The van der Waals surface area contributed by atoms with Crippen LogP contribution in [0.15, 0.2) is 89.5 Å². The lowest BCUT2D eigenvalue weighted by atomic mass is 9.76. The highest BCUT2D eigenvalue weighted by Crippen LogP contribution is 2.44. The second-order valence-electron chi connectivity index (χ2n) is 10.2. The van der Waals surface area contributed by atoms with E-state index < -0.39 is 5.92 Å². The van der Waals surface area contributed by atoms with E-state index in [0.717, 1.165) is 28.1 Å². The van der Waals surface area contributed by atoms with E-state index in [2.05, 4.69) is 28.9 Å². The molecule has 0 aromatic heterocycles. The van der Waals surface area contributed by atoms with Gasteiger partial charge in [0, 0.05) is 41.5 Å². The van der Waals surface area contributed by atoms with Crippen LogP contribution in [-0.2, 0) is 20.8 Å². The number of rotatable bonds is 8. The molecule has 0 amide bonds. The van der Waals surface area contributed by atoms with Crippen molar-refractivity contribution in [2.45, 2.75) is 45.8 Å². The predicted octanol–water partition coefficient (Wildman–Crippen LogP) is 5.04. The molecule has 0 fully saturated rings. The third kappa shape index (κ3) is 5.89. The molecule has 0 bridgehead atoms. The van der Waals surface area contributed by atoms with E-state index in [0.29, 0.717) is 44.2 Å².